The second-order valence-corrected chi connectivity index (χ2v) is 9.13. The number of Topliss-reactive ketones (excluding diaryl/α,β-unsaturated/α-hetero) is 1. The van der Waals surface area contributed by atoms with Gasteiger partial charge in [0.15, 0.2) is 5.78 Å². The number of rotatable bonds is 7. The fourth-order valence-electron chi connectivity index (χ4n) is 3.62. The summed E-state index contributed by atoms with van der Waals surface area (Å²) in [7, 11) is -3.81. The van der Waals surface area contributed by atoms with Gasteiger partial charge in [-0.3, -0.25) is 9.59 Å². The molecule has 0 spiro atoms. The highest BCUT2D eigenvalue weighted by Crippen LogP contribution is 2.64. The van der Waals surface area contributed by atoms with Crippen LogP contribution in [0.25, 0.3) is 0 Å². The lowest BCUT2D eigenvalue weighted by Crippen LogP contribution is -2.29. The van der Waals surface area contributed by atoms with E-state index in [1.807, 2.05) is 13.8 Å². The SMILES string of the molecule is CC1(C)[C@@H](C(N)=O)[C@@H]1c1ccc(S(=O)(=O)NCC(=O)c2ccccc2)cc1. The minimum absolute atomic E-state index is 0.0145. The van der Waals surface area contributed by atoms with Gasteiger partial charge in [-0.15, -0.1) is 0 Å². The largest absolute Gasteiger partial charge is 0.369 e. The number of ketones is 1. The molecule has 0 unspecified atom stereocenters. The number of hydrogen-bond donors (Lipinski definition) is 2. The molecule has 0 aromatic heterocycles. The predicted molar refractivity (Wildman–Crippen MR) is 102 cm³/mol. The third-order valence-electron chi connectivity index (χ3n) is 5.20. The van der Waals surface area contributed by atoms with Crippen molar-refractivity contribution in [1.29, 1.82) is 0 Å². The molecule has 2 aromatic rings. The van der Waals surface area contributed by atoms with Crippen LogP contribution in [-0.2, 0) is 14.8 Å². The highest BCUT2D eigenvalue weighted by atomic mass is 32.2. The molecule has 142 valence electrons. The quantitative estimate of drug-likeness (QED) is 0.711. The zero-order valence-corrected chi connectivity index (χ0v) is 16.0. The Labute approximate surface area is 158 Å². The van der Waals surface area contributed by atoms with E-state index in [1.54, 1.807) is 42.5 Å². The monoisotopic (exact) mass is 386 g/mol. The second-order valence-electron chi connectivity index (χ2n) is 7.36. The van der Waals surface area contributed by atoms with Gasteiger partial charge in [-0.1, -0.05) is 56.3 Å². The summed E-state index contributed by atoms with van der Waals surface area (Å²) in [5, 5.41) is 0. The maximum atomic E-state index is 12.4. The first kappa shape index (κ1) is 19.3. The molecule has 1 aliphatic carbocycles. The smallest absolute Gasteiger partial charge is 0.240 e. The van der Waals surface area contributed by atoms with Gasteiger partial charge in [-0.05, 0) is 23.1 Å². The first-order chi connectivity index (χ1) is 12.6. The fourth-order valence-corrected chi connectivity index (χ4v) is 4.60. The number of carbonyl (C=O) groups excluding carboxylic acids is 2. The zero-order chi connectivity index (χ0) is 19.8. The van der Waals surface area contributed by atoms with Gasteiger partial charge in [-0.2, -0.15) is 0 Å². The zero-order valence-electron chi connectivity index (χ0n) is 15.2. The van der Waals surface area contributed by atoms with Crippen molar-refractivity contribution >= 4 is 21.7 Å². The van der Waals surface area contributed by atoms with Crippen molar-refractivity contribution in [2.45, 2.75) is 24.7 Å². The molecule has 0 aliphatic heterocycles. The van der Waals surface area contributed by atoms with Crippen molar-refractivity contribution in [1.82, 2.24) is 4.72 Å². The molecular weight excluding hydrogens is 364 g/mol. The number of amides is 1. The molecule has 7 heteroatoms. The van der Waals surface area contributed by atoms with Gasteiger partial charge < -0.3 is 5.73 Å². The van der Waals surface area contributed by atoms with E-state index in [0.717, 1.165) is 5.56 Å². The van der Waals surface area contributed by atoms with Crippen LogP contribution in [0, 0.1) is 11.3 Å². The minimum atomic E-state index is -3.81. The Morgan fingerprint density at radius 3 is 2.15 bits per heavy atom. The molecule has 0 radical (unpaired) electrons. The van der Waals surface area contributed by atoms with E-state index in [0.29, 0.717) is 5.56 Å². The lowest BCUT2D eigenvalue weighted by atomic mass is 10.0. The molecule has 6 nitrogen and oxygen atoms in total. The van der Waals surface area contributed by atoms with E-state index in [4.69, 9.17) is 5.73 Å². The Balaban J connectivity index is 1.69. The molecule has 3 rings (SSSR count). The summed E-state index contributed by atoms with van der Waals surface area (Å²) >= 11 is 0. The average molecular weight is 386 g/mol. The van der Waals surface area contributed by atoms with Gasteiger partial charge in [0.05, 0.1) is 17.4 Å². The van der Waals surface area contributed by atoms with Crippen molar-refractivity contribution in [2.24, 2.45) is 17.1 Å². The lowest BCUT2D eigenvalue weighted by molar-refractivity contribution is -0.119. The number of benzene rings is 2. The topological polar surface area (TPSA) is 106 Å². The normalized spacial score (nSPS) is 20.8. The standard InChI is InChI=1S/C20H22N2O4S/c1-20(2)17(18(20)19(21)24)14-8-10-15(11-9-14)27(25,26)22-12-16(23)13-6-4-3-5-7-13/h3-11,17-18,22H,12H2,1-2H3,(H2,21,24)/t17-,18+/m0/s1. The summed E-state index contributed by atoms with van der Waals surface area (Å²) in [6.45, 7) is 3.62. The number of nitrogens with one attached hydrogen (secondary N) is 1. The van der Waals surface area contributed by atoms with Crippen molar-refractivity contribution < 1.29 is 18.0 Å². The minimum Gasteiger partial charge on any atom is -0.369 e. The van der Waals surface area contributed by atoms with Crippen molar-refractivity contribution in [3.63, 3.8) is 0 Å². The Morgan fingerprint density at radius 1 is 1.04 bits per heavy atom. The van der Waals surface area contributed by atoms with Gasteiger partial charge in [0.25, 0.3) is 0 Å². The molecule has 1 saturated carbocycles. The van der Waals surface area contributed by atoms with Gasteiger partial charge in [0.2, 0.25) is 15.9 Å². The summed E-state index contributed by atoms with van der Waals surface area (Å²) in [6.07, 6.45) is 0. The molecule has 0 heterocycles. The van der Waals surface area contributed by atoms with E-state index in [1.165, 1.54) is 12.1 Å². The van der Waals surface area contributed by atoms with Crippen LogP contribution in [0.15, 0.2) is 59.5 Å². The third-order valence-corrected chi connectivity index (χ3v) is 6.62. The lowest BCUT2D eigenvalue weighted by Gasteiger charge is -2.08. The van der Waals surface area contributed by atoms with Gasteiger partial charge >= 0.3 is 0 Å². The van der Waals surface area contributed by atoms with Gasteiger partial charge in [-0.25, -0.2) is 13.1 Å². The molecule has 2 atom stereocenters. The number of nitrogens with two attached hydrogens (primary N) is 1. The molecule has 3 N–H and O–H groups in total. The molecule has 1 amide bonds. The number of hydrogen-bond acceptors (Lipinski definition) is 4. The molecule has 0 saturated heterocycles. The van der Waals surface area contributed by atoms with Crippen LogP contribution in [0.1, 0.15) is 35.7 Å². The van der Waals surface area contributed by atoms with E-state index in [-0.39, 0.29) is 40.4 Å². The molecule has 1 fully saturated rings. The highest BCUT2D eigenvalue weighted by molar-refractivity contribution is 7.89. The summed E-state index contributed by atoms with van der Waals surface area (Å²) in [5.41, 5.74) is 6.54. The first-order valence-corrected chi connectivity index (χ1v) is 10.1. The molecule has 1 aliphatic rings. The summed E-state index contributed by atoms with van der Waals surface area (Å²) in [5.74, 6) is -0.913. The number of primary amides is 1. The van der Waals surface area contributed by atoms with E-state index in [9.17, 15) is 18.0 Å². The Kier molecular flexibility index (Phi) is 4.92. The Morgan fingerprint density at radius 2 is 1.63 bits per heavy atom. The molecule has 2 aromatic carbocycles. The Hall–Kier alpha value is -2.51. The summed E-state index contributed by atoms with van der Waals surface area (Å²) in [6, 6.07) is 14.9. The van der Waals surface area contributed by atoms with Crippen molar-refractivity contribution in [3.8, 4) is 0 Å². The van der Waals surface area contributed by atoms with Crippen LogP contribution >= 0.6 is 0 Å². The Bertz CT molecular complexity index is 967. The van der Waals surface area contributed by atoms with Gasteiger partial charge in [0, 0.05) is 11.5 Å². The average Bonchev–Trinajstić information content (AvgIpc) is 3.23. The van der Waals surface area contributed by atoms with Crippen molar-refractivity contribution in [3.05, 3.63) is 65.7 Å². The van der Waals surface area contributed by atoms with E-state index in [2.05, 4.69) is 4.72 Å². The van der Waals surface area contributed by atoms with Crippen LogP contribution in [0.2, 0.25) is 0 Å². The van der Waals surface area contributed by atoms with Crippen LogP contribution in [0.4, 0.5) is 0 Å². The predicted octanol–water partition coefficient (Wildman–Crippen LogP) is 2.07. The molecule has 0 bridgehead atoms. The highest BCUT2D eigenvalue weighted by Gasteiger charge is 2.61. The second kappa shape index (κ2) is 6.90. The number of carbonyl (C=O) groups is 2. The van der Waals surface area contributed by atoms with Gasteiger partial charge in [0.1, 0.15) is 0 Å². The molecule has 27 heavy (non-hydrogen) atoms. The summed E-state index contributed by atoms with van der Waals surface area (Å²) < 4.78 is 27.2. The van der Waals surface area contributed by atoms with Crippen LogP contribution in [0.5, 0.6) is 0 Å². The third kappa shape index (κ3) is 3.79. The van der Waals surface area contributed by atoms with E-state index >= 15 is 0 Å². The maximum Gasteiger partial charge on any atom is 0.240 e. The van der Waals surface area contributed by atoms with Crippen molar-refractivity contribution in [2.75, 3.05) is 6.54 Å². The van der Waals surface area contributed by atoms with Crippen LogP contribution < -0.4 is 10.5 Å². The van der Waals surface area contributed by atoms with Crippen LogP contribution in [-0.4, -0.2) is 26.7 Å². The summed E-state index contributed by atoms with van der Waals surface area (Å²) in [4.78, 5) is 23.7. The van der Waals surface area contributed by atoms with Crippen LogP contribution in [0.3, 0.4) is 0 Å². The maximum absolute atomic E-state index is 12.4. The fraction of sp³-hybridized carbons (Fsp3) is 0.300. The number of sulfonamides is 1. The first-order valence-electron chi connectivity index (χ1n) is 8.62. The molecular formula is C20H22N2O4S. The van der Waals surface area contributed by atoms with E-state index < -0.39 is 10.0 Å².